The van der Waals surface area contributed by atoms with E-state index in [4.69, 9.17) is 0 Å². The summed E-state index contributed by atoms with van der Waals surface area (Å²) in [6.45, 7) is 12.9. The van der Waals surface area contributed by atoms with Crippen molar-refractivity contribution in [1.29, 1.82) is 0 Å². The summed E-state index contributed by atoms with van der Waals surface area (Å²) in [5, 5.41) is 0. The van der Waals surface area contributed by atoms with E-state index in [1.807, 2.05) is 36.4 Å². The largest absolute Gasteiger partial charge is 2.00 e. The Bertz CT molecular complexity index is 2140. The summed E-state index contributed by atoms with van der Waals surface area (Å²) in [6, 6.07) is 55.4. The minimum atomic E-state index is 0. The number of benzene rings is 6. The van der Waals surface area contributed by atoms with Crippen LogP contribution in [0.3, 0.4) is 0 Å². The molecule has 0 aromatic heterocycles. The van der Waals surface area contributed by atoms with E-state index in [0.29, 0.717) is 0 Å². The molecule has 0 radical (unpaired) electrons. The van der Waals surface area contributed by atoms with E-state index < -0.39 is 0 Å². The molecule has 6 aromatic carbocycles. The predicted molar refractivity (Wildman–Crippen MR) is 201 cm³/mol. The molecule has 0 atom stereocenters. The fourth-order valence-corrected chi connectivity index (χ4v) is 6.90. The second-order valence-corrected chi connectivity index (χ2v) is 12.5. The molecule has 240 valence electrons. The van der Waals surface area contributed by atoms with Crippen LogP contribution in [0.2, 0.25) is 0 Å². The maximum absolute atomic E-state index is 3.53. The van der Waals surface area contributed by atoms with Crippen LogP contribution in [0, 0.1) is 53.7 Å². The third kappa shape index (κ3) is 6.48. The van der Waals surface area contributed by atoms with Crippen LogP contribution >= 0.6 is 0 Å². The fraction of sp³-hybridized carbons (Fsp3) is 0.136. The van der Waals surface area contributed by atoms with Gasteiger partial charge < -0.3 is 0 Å². The molecule has 0 fully saturated rings. The SMILES string of the molecule is Cc1cc(C)c([N+]2=C=[N+](c3[c-]cccc3)c3ccccc32)c(C)c1.Cc1cc(C)c([N+]2=C=[N+](c3[c-]cccc3)c3ccccc32)c(C)c1.[Pt+2]. The number of hydrogen-bond donors (Lipinski definition) is 0. The quantitative estimate of drug-likeness (QED) is 0.124. The summed E-state index contributed by atoms with van der Waals surface area (Å²) in [4.78, 5) is 0. The molecule has 0 saturated carbocycles. The van der Waals surface area contributed by atoms with Gasteiger partial charge in [0.25, 0.3) is 22.7 Å². The van der Waals surface area contributed by atoms with Crippen LogP contribution in [0.1, 0.15) is 33.4 Å². The van der Waals surface area contributed by atoms with E-state index in [-0.39, 0.29) is 21.1 Å². The molecule has 4 nitrogen and oxygen atoms in total. The van der Waals surface area contributed by atoms with Gasteiger partial charge in [-0.15, -0.1) is 12.1 Å². The molecule has 0 spiro atoms. The Kier molecular flexibility index (Phi) is 9.68. The monoisotopic (exact) mass is 817 g/mol. The van der Waals surface area contributed by atoms with Crippen LogP contribution in [-0.4, -0.2) is 12.0 Å². The topological polar surface area (TPSA) is 12.0 Å². The first-order chi connectivity index (χ1) is 23.3. The molecule has 49 heavy (non-hydrogen) atoms. The van der Waals surface area contributed by atoms with Gasteiger partial charge in [-0.3, -0.25) is 0 Å². The maximum atomic E-state index is 3.53. The van der Waals surface area contributed by atoms with E-state index in [1.54, 1.807) is 0 Å². The number of hydrogen-bond acceptors (Lipinski definition) is 0. The number of rotatable bonds is 4. The summed E-state index contributed by atoms with van der Waals surface area (Å²) in [7, 11) is 0. The van der Waals surface area contributed by atoms with Gasteiger partial charge in [0.2, 0.25) is 11.4 Å². The zero-order chi connectivity index (χ0) is 33.4. The molecule has 0 bridgehead atoms. The summed E-state index contributed by atoms with van der Waals surface area (Å²) in [5.74, 6) is 0. The molecule has 0 amide bonds. The maximum Gasteiger partial charge on any atom is 2.00 e. The van der Waals surface area contributed by atoms with Crippen molar-refractivity contribution in [1.82, 2.24) is 18.3 Å². The molecular weight excluding hydrogens is 780 g/mol. The summed E-state index contributed by atoms with van der Waals surface area (Å²) < 4.78 is 8.49. The number of fused-ring (bicyclic) bond motifs is 2. The van der Waals surface area contributed by atoms with Gasteiger partial charge in [0, 0.05) is 46.5 Å². The van der Waals surface area contributed by atoms with Crippen LogP contribution in [0.25, 0.3) is 0 Å². The van der Waals surface area contributed by atoms with Gasteiger partial charge in [0.15, 0.2) is 0 Å². The Hall–Kier alpha value is -5.23. The zero-order valence-electron chi connectivity index (χ0n) is 28.7. The second-order valence-electron chi connectivity index (χ2n) is 12.5. The third-order valence-corrected chi connectivity index (χ3v) is 8.71. The van der Waals surface area contributed by atoms with Crippen LogP contribution in [0.4, 0.5) is 45.5 Å². The van der Waals surface area contributed by atoms with Crippen molar-refractivity contribution in [2.75, 3.05) is 0 Å². The first-order valence-electron chi connectivity index (χ1n) is 16.3. The van der Waals surface area contributed by atoms with Crippen molar-refractivity contribution in [3.05, 3.63) is 167 Å². The normalized spacial score (nSPS) is 12.4. The molecule has 2 aliphatic heterocycles. The molecule has 0 N–H and O–H groups in total. The van der Waals surface area contributed by atoms with Gasteiger partial charge >= 0.3 is 33.1 Å². The van der Waals surface area contributed by atoms with Crippen LogP contribution in [0.15, 0.2) is 121 Å². The molecule has 5 heteroatoms. The van der Waals surface area contributed by atoms with Crippen LogP contribution in [-0.2, 0) is 21.1 Å². The van der Waals surface area contributed by atoms with Crippen molar-refractivity contribution < 1.29 is 21.1 Å². The minimum Gasteiger partial charge on any atom is -0.171 e. The van der Waals surface area contributed by atoms with E-state index in [0.717, 1.165) is 34.1 Å². The third-order valence-electron chi connectivity index (χ3n) is 8.71. The van der Waals surface area contributed by atoms with Crippen molar-refractivity contribution >= 4 is 57.5 Å². The Morgan fingerprint density at radius 1 is 0.408 bits per heavy atom. The first-order valence-corrected chi connectivity index (χ1v) is 16.3. The van der Waals surface area contributed by atoms with Gasteiger partial charge in [0.05, 0.1) is 0 Å². The molecule has 2 aliphatic rings. The molecule has 0 saturated heterocycles. The molecule has 8 rings (SSSR count). The molecular formula is C44H38N4Pt+4. The van der Waals surface area contributed by atoms with Crippen LogP contribution in [0.5, 0.6) is 0 Å². The van der Waals surface area contributed by atoms with Gasteiger partial charge in [-0.05, 0) is 75.0 Å². The smallest absolute Gasteiger partial charge is 0.171 e. The second kappa shape index (κ2) is 14.1. The number of aryl methyl sites for hydroxylation is 6. The van der Waals surface area contributed by atoms with Gasteiger partial charge in [-0.25, -0.2) is 0 Å². The summed E-state index contributed by atoms with van der Waals surface area (Å²) in [6.07, 6.45) is 0. The first kappa shape index (κ1) is 33.7. The average Bonchev–Trinajstić information content (AvgIpc) is 3.65. The number of para-hydroxylation sites is 6. The summed E-state index contributed by atoms with van der Waals surface area (Å²) >= 11 is 0. The fourth-order valence-electron chi connectivity index (χ4n) is 6.90. The van der Waals surface area contributed by atoms with Crippen molar-refractivity contribution in [2.45, 2.75) is 41.5 Å². The predicted octanol–water partition coefficient (Wildman–Crippen LogP) is 10.5. The van der Waals surface area contributed by atoms with Gasteiger partial charge in [0.1, 0.15) is 11.4 Å². The molecule has 0 aliphatic carbocycles. The minimum absolute atomic E-state index is 0. The molecule has 2 heterocycles. The molecule has 6 aromatic rings. The van der Waals surface area contributed by atoms with Crippen LogP contribution < -0.4 is 18.3 Å². The Balaban J connectivity index is 0.000000167. The Morgan fingerprint density at radius 3 is 1.02 bits per heavy atom. The standard InChI is InChI=1S/2C22H19N2.Pt/c2*1-16-13-17(2)22(18(3)14-16)24-15-23(19-9-5-4-6-10-19)20-11-7-8-12-21(20)24;/h2*4-9,11-14H,1-3H3;/q2*+1;+2. The van der Waals surface area contributed by atoms with E-state index in [9.17, 15) is 0 Å². The van der Waals surface area contributed by atoms with Gasteiger partial charge in [-0.1, -0.05) is 56.7 Å². The Labute approximate surface area is 303 Å². The van der Waals surface area contributed by atoms with Crippen molar-refractivity contribution in [2.24, 2.45) is 0 Å². The van der Waals surface area contributed by atoms with E-state index >= 15 is 0 Å². The van der Waals surface area contributed by atoms with E-state index in [1.165, 1.54) is 44.8 Å². The van der Waals surface area contributed by atoms with Crippen molar-refractivity contribution in [3.63, 3.8) is 0 Å². The summed E-state index contributed by atoms with van der Waals surface area (Å²) in [5.41, 5.74) is 16.5. The average molecular weight is 818 g/mol. The van der Waals surface area contributed by atoms with Crippen molar-refractivity contribution in [3.8, 4) is 0 Å². The Morgan fingerprint density at radius 2 is 0.714 bits per heavy atom. The van der Waals surface area contributed by atoms with Gasteiger partial charge in [-0.2, -0.15) is 36.4 Å². The zero-order valence-corrected chi connectivity index (χ0v) is 30.9. The molecule has 0 unspecified atom stereocenters. The number of nitrogens with zero attached hydrogens (tertiary/aromatic N) is 4. The van der Waals surface area contributed by atoms with E-state index in [2.05, 4.69) is 169 Å².